The SMILES string of the molecule is O=C(O)/C=C/c1nnc(-c2c(Cl)cccc2[N+](=O)[O-])o1. The van der Waals surface area contributed by atoms with Gasteiger partial charge in [-0.3, -0.25) is 10.1 Å². The Kier molecular flexibility index (Phi) is 3.76. The fourth-order valence-electron chi connectivity index (χ4n) is 1.42. The van der Waals surface area contributed by atoms with Crippen molar-refractivity contribution in [1.29, 1.82) is 0 Å². The zero-order valence-electron chi connectivity index (χ0n) is 9.69. The number of rotatable bonds is 4. The maximum absolute atomic E-state index is 10.9. The fraction of sp³-hybridized carbons (Fsp3) is 0. The number of carboxylic acid groups (broad SMARTS) is 1. The zero-order valence-corrected chi connectivity index (χ0v) is 10.4. The number of halogens is 1. The molecule has 0 fully saturated rings. The molecule has 102 valence electrons. The van der Waals surface area contributed by atoms with Gasteiger partial charge in [-0.15, -0.1) is 10.2 Å². The van der Waals surface area contributed by atoms with E-state index >= 15 is 0 Å². The Morgan fingerprint density at radius 3 is 2.85 bits per heavy atom. The average molecular weight is 296 g/mol. The van der Waals surface area contributed by atoms with Crippen LogP contribution in [0.4, 0.5) is 5.69 Å². The molecule has 0 aliphatic rings. The number of aliphatic carboxylic acids is 1. The summed E-state index contributed by atoms with van der Waals surface area (Å²) >= 11 is 5.90. The van der Waals surface area contributed by atoms with E-state index in [2.05, 4.69) is 10.2 Å². The van der Waals surface area contributed by atoms with Crippen LogP contribution in [0, 0.1) is 10.1 Å². The van der Waals surface area contributed by atoms with Gasteiger partial charge in [0.25, 0.3) is 11.6 Å². The molecule has 0 atom stereocenters. The molecular formula is C11H6ClN3O5. The molecule has 20 heavy (non-hydrogen) atoms. The van der Waals surface area contributed by atoms with Crippen molar-refractivity contribution >= 4 is 29.3 Å². The lowest BCUT2D eigenvalue weighted by atomic mass is 10.2. The summed E-state index contributed by atoms with van der Waals surface area (Å²) in [6.45, 7) is 0. The molecule has 2 aromatic rings. The number of nitrogens with zero attached hydrogens (tertiary/aromatic N) is 3. The predicted octanol–water partition coefficient (Wildman–Crippen LogP) is 2.40. The molecule has 0 radical (unpaired) electrons. The van der Waals surface area contributed by atoms with Crippen LogP contribution in [0.2, 0.25) is 5.02 Å². The maximum Gasteiger partial charge on any atom is 0.328 e. The van der Waals surface area contributed by atoms with Gasteiger partial charge in [-0.1, -0.05) is 17.7 Å². The second kappa shape index (κ2) is 5.49. The highest BCUT2D eigenvalue weighted by Crippen LogP contribution is 2.35. The molecule has 0 saturated heterocycles. The lowest BCUT2D eigenvalue weighted by Gasteiger charge is -1.99. The van der Waals surface area contributed by atoms with E-state index in [0.717, 1.165) is 12.2 Å². The van der Waals surface area contributed by atoms with Crippen molar-refractivity contribution in [3.8, 4) is 11.5 Å². The van der Waals surface area contributed by atoms with Crippen molar-refractivity contribution in [3.05, 3.63) is 45.3 Å². The number of carbonyl (C=O) groups is 1. The van der Waals surface area contributed by atoms with Gasteiger partial charge in [0.15, 0.2) is 0 Å². The molecule has 9 heteroatoms. The van der Waals surface area contributed by atoms with Crippen LogP contribution in [0.25, 0.3) is 17.5 Å². The van der Waals surface area contributed by atoms with Gasteiger partial charge >= 0.3 is 5.97 Å². The monoisotopic (exact) mass is 295 g/mol. The van der Waals surface area contributed by atoms with Gasteiger partial charge in [0.05, 0.1) is 9.95 Å². The minimum atomic E-state index is -1.19. The van der Waals surface area contributed by atoms with E-state index in [1.807, 2.05) is 0 Å². The van der Waals surface area contributed by atoms with Crippen molar-refractivity contribution in [3.63, 3.8) is 0 Å². The largest absolute Gasteiger partial charge is 0.478 e. The number of hydrogen-bond donors (Lipinski definition) is 1. The number of aromatic nitrogens is 2. The highest BCUT2D eigenvalue weighted by Gasteiger charge is 2.23. The Bertz CT molecular complexity index is 710. The summed E-state index contributed by atoms with van der Waals surface area (Å²) in [4.78, 5) is 20.7. The first-order valence-corrected chi connectivity index (χ1v) is 5.54. The van der Waals surface area contributed by atoms with Gasteiger partial charge < -0.3 is 9.52 Å². The Morgan fingerprint density at radius 1 is 1.45 bits per heavy atom. The minimum Gasteiger partial charge on any atom is -0.478 e. The van der Waals surface area contributed by atoms with Gasteiger partial charge in [-0.05, 0) is 6.07 Å². The maximum atomic E-state index is 10.9. The fourth-order valence-corrected chi connectivity index (χ4v) is 1.67. The van der Waals surface area contributed by atoms with E-state index < -0.39 is 10.9 Å². The summed E-state index contributed by atoms with van der Waals surface area (Å²) in [6, 6.07) is 4.12. The van der Waals surface area contributed by atoms with E-state index in [4.69, 9.17) is 21.1 Å². The zero-order chi connectivity index (χ0) is 14.7. The molecular weight excluding hydrogens is 290 g/mol. The van der Waals surface area contributed by atoms with Crippen LogP contribution in [-0.2, 0) is 4.79 Å². The number of carboxylic acids is 1. The van der Waals surface area contributed by atoms with Crippen LogP contribution in [0.1, 0.15) is 5.89 Å². The van der Waals surface area contributed by atoms with Crippen LogP contribution < -0.4 is 0 Å². The second-order valence-electron chi connectivity index (χ2n) is 3.51. The molecule has 1 aromatic heterocycles. The van der Waals surface area contributed by atoms with Crippen LogP contribution in [-0.4, -0.2) is 26.2 Å². The Balaban J connectivity index is 2.47. The summed E-state index contributed by atoms with van der Waals surface area (Å²) in [7, 11) is 0. The number of hydrogen-bond acceptors (Lipinski definition) is 6. The van der Waals surface area contributed by atoms with E-state index in [9.17, 15) is 14.9 Å². The van der Waals surface area contributed by atoms with Crippen molar-refractivity contribution in [2.45, 2.75) is 0 Å². The molecule has 1 aromatic carbocycles. The first-order chi connectivity index (χ1) is 9.49. The van der Waals surface area contributed by atoms with Crippen LogP contribution in [0.5, 0.6) is 0 Å². The van der Waals surface area contributed by atoms with Crippen molar-refractivity contribution in [1.82, 2.24) is 10.2 Å². The molecule has 0 amide bonds. The summed E-state index contributed by atoms with van der Waals surface area (Å²) in [6.07, 6.45) is 1.87. The number of benzene rings is 1. The predicted molar refractivity (Wildman–Crippen MR) is 68.1 cm³/mol. The molecule has 1 N–H and O–H groups in total. The molecule has 2 rings (SSSR count). The molecule has 0 saturated carbocycles. The van der Waals surface area contributed by atoms with Crippen molar-refractivity contribution < 1.29 is 19.2 Å². The molecule has 0 aliphatic heterocycles. The Labute approximate surface area is 116 Å². The number of nitro benzene ring substituents is 1. The summed E-state index contributed by atoms with van der Waals surface area (Å²) in [5.41, 5.74) is -0.295. The van der Waals surface area contributed by atoms with Crippen LogP contribution >= 0.6 is 11.6 Å². The van der Waals surface area contributed by atoms with E-state index in [0.29, 0.717) is 0 Å². The van der Waals surface area contributed by atoms with Gasteiger partial charge in [0, 0.05) is 18.2 Å². The molecule has 0 bridgehead atoms. The quantitative estimate of drug-likeness (QED) is 0.522. The number of nitro groups is 1. The van der Waals surface area contributed by atoms with Crippen LogP contribution in [0.3, 0.4) is 0 Å². The average Bonchev–Trinajstić information content (AvgIpc) is 2.84. The Morgan fingerprint density at radius 2 is 2.20 bits per heavy atom. The van der Waals surface area contributed by atoms with E-state index in [-0.39, 0.29) is 28.1 Å². The standard InChI is InChI=1S/C11H6ClN3O5/c12-6-2-1-3-7(15(18)19)10(6)11-14-13-8(20-11)4-5-9(16)17/h1-5H,(H,16,17)/b5-4+. The normalized spacial score (nSPS) is 10.8. The molecule has 0 aliphatic carbocycles. The smallest absolute Gasteiger partial charge is 0.328 e. The van der Waals surface area contributed by atoms with E-state index in [1.165, 1.54) is 18.2 Å². The molecule has 0 spiro atoms. The molecule has 1 heterocycles. The third-order valence-electron chi connectivity index (χ3n) is 2.21. The van der Waals surface area contributed by atoms with E-state index in [1.54, 1.807) is 0 Å². The lowest BCUT2D eigenvalue weighted by molar-refractivity contribution is -0.384. The lowest BCUT2D eigenvalue weighted by Crippen LogP contribution is -1.92. The van der Waals surface area contributed by atoms with Crippen molar-refractivity contribution in [2.24, 2.45) is 0 Å². The summed E-state index contributed by atoms with van der Waals surface area (Å²) in [5.74, 6) is -1.45. The van der Waals surface area contributed by atoms with Gasteiger partial charge in [0.1, 0.15) is 5.56 Å². The Hall–Kier alpha value is -2.74. The van der Waals surface area contributed by atoms with Gasteiger partial charge in [0.2, 0.25) is 5.89 Å². The first kappa shape index (κ1) is 13.7. The highest BCUT2D eigenvalue weighted by molar-refractivity contribution is 6.33. The van der Waals surface area contributed by atoms with Gasteiger partial charge in [-0.2, -0.15) is 0 Å². The third-order valence-corrected chi connectivity index (χ3v) is 2.53. The third kappa shape index (κ3) is 2.81. The molecule has 0 unspecified atom stereocenters. The topological polar surface area (TPSA) is 119 Å². The minimum absolute atomic E-state index is 0.0124. The van der Waals surface area contributed by atoms with Crippen molar-refractivity contribution in [2.75, 3.05) is 0 Å². The first-order valence-electron chi connectivity index (χ1n) is 5.17. The second-order valence-corrected chi connectivity index (χ2v) is 3.92. The van der Waals surface area contributed by atoms with Gasteiger partial charge in [-0.25, -0.2) is 4.79 Å². The summed E-state index contributed by atoms with van der Waals surface area (Å²) < 4.78 is 5.13. The highest BCUT2D eigenvalue weighted by atomic mass is 35.5. The van der Waals surface area contributed by atoms with Crippen LogP contribution in [0.15, 0.2) is 28.7 Å². The molecule has 8 nitrogen and oxygen atoms in total. The summed E-state index contributed by atoms with van der Waals surface area (Å²) in [5, 5.41) is 26.7.